The van der Waals surface area contributed by atoms with Crippen LogP contribution in [-0.4, -0.2) is 17.3 Å². The first-order chi connectivity index (χ1) is 8.06. The second kappa shape index (κ2) is 6.93. The van der Waals surface area contributed by atoms with Crippen LogP contribution in [0.3, 0.4) is 0 Å². The lowest BCUT2D eigenvalue weighted by molar-refractivity contribution is 0.384. The van der Waals surface area contributed by atoms with E-state index in [-0.39, 0.29) is 11.4 Å². The van der Waals surface area contributed by atoms with Gasteiger partial charge < -0.3 is 5.32 Å². The zero-order valence-corrected chi connectivity index (χ0v) is 12.7. The van der Waals surface area contributed by atoms with Gasteiger partial charge in [0.05, 0.1) is 0 Å². The van der Waals surface area contributed by atoms with Crippen LogP contribution in [-0.2, 0) is 6.54 Å². The Morgan fingerprint density at radius 3 is 2.47 bits per heavy atom. The fourth-order valence-corrected chi connectivity index (χ4v) is 2.74. The first-order valence-electron chi connectivity index (χ1n) is 5.38. The fraction of sp³-hybridized carbons (Fsp3) is 0.500. The van der Waals surface area contributed by atoms with Crippen LogP contribution in [0.15, 0.2) is 22.7 Å². The Kier molecular flexibility index (Phi) is 6.21. The van der Waals surface area contributed by atoms with Crippen molar-refractivity contribution in [1.29, 1.82) is 0 Å². The Morgan fingerprint density at radius 1 is 1.35 bits per heavy atom. The van der Waals surface area contributed by atoms with E-state index in [2.05, 4.69) is 21.2 Å². The maximum Gasteiger partial charge on any atom is 0.124 e. The van der Waals surface area contributed by atoms with Gasteiger partial charge in [0.15, 0.2) is 0 Å². The van der Waals surface area contributed by atoms with Gasteiger partial charge in [-0.15, -0.1) is 23.2 Å². The molecule has 17 heavy (non-hydrogen) atoms. The van der Waals surface area contributed by atoms with Crippen LogP contribution in [0.1, 0.15) is 18.9 Å². The predicted octanol–water partition coefficient (Wildman–Crippen LogP) is 4.30. The molecule has 1 nitrogen and oxygen atoms in total. The summed E-state index contributed by atoms with van der Waals surface area (Å²) in [5.74, 6) is 0.648. The first-order valence-corrected chi connectivity index (χ1v) is 7.24. The Morgan fingerprint density at radius 2 is 2.00 bits per heavy atom. The van der Waals surface area contributed by atoms with Crippen LogP contribution in [0.5, 0.6) is 0 Å². The van der Waals surface area contributed by atoms with E-state index >= 15 is 0 Å². The zero-order valence-electron chi connectivity index (χ0n) is 9.57. The highest BCUT2D eigenvalue weighted by atomic mass is 79.9. The number of hydrogen-bond donors (Lipinski definition) is 1. The minimum atomic E-state index is -0.267. The average Bonchev–Trinajstić information content (AvgIpc) is 2.33. The Labute approximate surface area is 120 Å². The van der Waals surface area contributed by atoms with Crippen molar-refractivity contribution in [3.63, 3.8) is 0 Å². The van der Waals surface area contributed by atoms with E-state index in [1.807, 2.05) is 6.92 Å². The molecule has 0 amide bonds. The van der Waals surface area contributed by atoms with Gasteiger partial charge in [0, 0.05) is 28.3 Å². The Balaban J connectivity index is 2.72. The summed E-state index contributed by atoms with van der Waals surface area (Å²) in [6, 6.07) is 4.64. The van der Waals surface area contributed by atoms with E-state index < -0.39 is 0 Å². The van der Waals surface area contributed by atoms with Gasteiger partial charge in [-0.2, -0.15) is 0 Å². The molecule has 0 aliphatic rings. The third kappa shape index (κ3) is 4.09. The van der Waals surface area contributed by atoms with Gasteiger partial charge in [0.25, 0.3) is 0 Å². The van der Waals surface area contributed by atoms with Gasteiger partial charge in [0.1, 0.15) is 5.82 Å². The molecule has 0 saturated carbocycles. The number of hydrogen-bond acceptors (Lipinski definition) is 1. The molecule has 0 bridgehead atoms. The largest absolute Gasteiger partial charge is 0.305 e. The molecule has 96 valence electrons. The topological polar surface area (TPSA) is 12.0 Å². The summed E-state index contributed by atoms with van der Waals surface area (Å²) in [5.41, 5.74) is 0.719. The standard InChI is InChI=1S/C12H15BrCl2FN/c1-2-12(7-14,8-15)17-6-9-3-4-10(16)5-11(9)13/h3-5,17H,2,6-8H2,1H3. The highest BCUT2D eigenvalue weighted by Gasteiger charge is 2.25. The highest BCUT2D eigenvalue weighted by molar-refractivity contribution is 9.10. The molecule has 1 rings (SSSR count). The Hall–Kier alpha value is 0.170. The molecule has 0 fully saturated rings. The monoisotopic (exact) mass is 341 g/mol. The van der Waals surface area contributed by atoms with Gasteiger partial charge in [-0.05, 0) is 24.1 Å². The van der Waals surface area contributed by atoms with E-state index in [0.717, 1.165) is 16.5 Å². The van der Waals surface area contributed by atoms with E-state index in [1.54, 1.807) is 6.07 Å². The predicted molar refractivity (Wildman–Crippen MR) is 75.4 cm³/mol. The van der Waals surface area contributed by atoms with Crippen molar-refractivity contribution in [3.05, 3.63) is 34.1 Å². The lowest BCUT2D eigenvalue weighted by atomic mass is 10.0. The molecule has 0 spiro atoms. The zero-order chi connectivity index (χ0) is 12.9. The van der Waals surface area contributed by atoms with Crippen LogP contribution in [0.4, 0.5) is 4.39 Å². The highest BCUT2D eigenvalue weighted by Crippen LogP contribution is 2.20. The van der Waals surface area contributed by atoms with Crippen LogP contribution < -0.4 is 5.32 Å². The van der Waals surface area contributed by atoms with Crippen molar-refractivity contribution in [2.75, 3.05) is 11.8 Å². The number of benzene rings is 1. The van der Waals surface area contributed by atoms with Gasteiger partial charge in [0.2, 0.25) is 0 Å². The molecule has 0 heterocycles. The molecule has 1 aromatic carbocycles. The Bertz CT molecular complexity index is 361. The third-order valence-corrected chi connectivity index (χ3v) is 4.62. The summed E-state index contributed by atoms with van der Waals surface area (Å²) in [6.07, 6.45) is 0.846. The quantitative estimate of drug-likeness (QED) is 0.760. The van der Waals surface area contributed by atoms with Crippen molar-refractivity contribution in [1.82, 2.24) is 5.32 Å². The summed E-state index contributed by atoms with van der Waals surface area (Å²) in [5, 5.41) is 3.34. The minimum Gasteiger partial charge on any atom is -0.305 e. The van der Waals surface area contributed by atoms with Crippen molar-refractivity contribution < 1.29 is 4.39 Å². The van der Waals surface area contributed by atoms with E-state index in [1.165, 1.54) is 12.1 Å². The molecule has 0 radical (unpaired) electrons. The molecule has 5 heteroatoms. The number of alkyl halides is 2. The average molecular weight is 343 g/mol. The van der Waals surface area contributed by atoms with Crippen LogP contribution in [0, 0.1) is 5.82 Å². The number of nitrogens with one attached hydrogen (secondary N) is 1. The summed E-state index contributed by atoms with van der Waals surface area (Å²) >= 11 is 15.2. The third-order valence-electron chi connectivity index (χ3n) is 2.86. The van der Waals surface area contributed by atoms with Gasteiger partial charge in [-0.1, -0.05) is 28.9 Å². The van der Waals surface area contributed by atoms with E-state index in [9.17, 15) is 4.39 Å². The van der Waals surface area contributed by atoms with Gasteiger partial charge in [-0.3, -0.25) is 0 Å². The number of halogens is 4. The second-order valence-electron chi connectivity index (χ2n) is 3.99. The molecule has 0 unspecified atom stereocenters. The molecule has 1 N–H and O–H groups in total. The smallest absolute Gasteiger partial charge is 0.124 e. The first kappa shape index (κ1) is 15.2. The van der Waals surface area contributed by atoms with Crippen LogP contribution >= 0.6 is 39.1 Å². The number of rotatable bonds is 6. The van der Waals surface area contributed by atoms with E-state index in [4.69, 9.17) is 23.2 Å². The fourth-order valence-electron chi connectivity index (χ4n) is 1.39. The molecule has 0 saturated heterocycles. The maximum atomic E-state index is 12.9. The molecule has 0 aliphatic carbocycles. The molecule has 0 aliphatic heterocycles. The van der Waals surface area contributed by atoms with Crippen molar-refractivity contribution in [2.45, 2.75) is 25.4 Å². The van der Waals surface area contributed by atoms with Crippen molar-refractivity contribution in [3.8, 4) is 0 Å². The van der Waals surface area contributed by atoms with Crippen molar-refractivity contribution in [2.24, 2.45) is 0 Å². The lowest BCUT2D eigenvalue weighted by Crippen LogP contribution is -2.47. The summed E-state index contributed by atoms with van der Waals surface area (Å²) in [6.45, 7) is 2.64. The van der Waals surface area contributed by atoms with Crippen LogP contribution in [0.2, 0.25) is 0 Å². The van der Waals surface area contributed by atoms with Crippen LogP contribution in [0.25, 0.3) is 0 Å². The lowest BCUT2D eigenvalue weighted by Gasteiger charge is -2.30. The molecular weight excluding hydrogens is 328 g/mol. The normalized spacial score (nSPS) is 11.8. The van der Waals surface area contributed by atoms with Gasteiger partial charge in [-0.25, -0.2) is 4.39 Å². The molecule has 0 atom stereocenters. The summed E-state index contributed by atoms with van der Waals surface area (Å²) in [4.78, 5) is 0. The SMILES string of the molecule is CCC(CCl)(CCl)NCc1ccc(F)cc1Br. The summed E-state index contributed by atoms with van der Waals surface area (Å²) in [7, 11) is 0. The van der Waals surface area contributed by atoms with Gasteiger partial charge >= 0.3 is 0 Å². The maximum absolute atomic E-state index is 12.9. The molecule has 0 aromatic heterocycles. The summed E-state index contributed by atoms with van der Waals surface area (Å²) < 4.78 is 13.7. The van der Waals surface area contributed by atoms with E-state index in [0.29, 0.717) is 18.3 Å². The van der Waals surface area contributed by atoms with Crippen molar-refractivity contribution >= 4 is 39.1 Å². The molecule has 1 aromatic rings. The second-order valence-corrected chi connectivity index (χ2v) is 5.38. The molecular formula is C12H15BrCl2FN. The minimum absolute atomic E-state index is 0.253.